The summed E-state index contributed by atoms with van der Waals surface area (Å²) in [6.07, 6.45) is 0. The zero-order valence-electron chi connectivity index (χ0n) is 16.5. The van der Waals surface area contributed by atoms with Gasteiger partial charge >= 0.3 is 0 Å². The maximum atomic E-state index is 13.3. The Morgan fingerprint density at radius 1 is 0.833 bits per heavy atom. The van der Waals surface area contributed by atoms with E-state index in [2.05, 4.69) is 11.4 Å². The van der Waals surface area contributed by atoms with E-state index in [1.807, 2.05) is 78.1 Å². The maximum Gasteiger partial charge on any atom is 0.296 e. The van der Waals surface area contributed by atoms with Crippen LogP contribution in [0.1, 0.15) is 20.7 Å². The monoisotopic (exact) mass is 434 g/mol. The minimum atomic E-state index is -0.631. The van der Waals surface area contributed by atoms with E-state index in [1.165, 1.54) is 0 Å². The SMILES string of the molecule is CNC(=O)c1cccc2cccc([S+]3c4cccc5cccc(c45)C(=O)N3C)c12.[Cl-]. The Morgan fingerprint density at radius 3 is 2.00 bits per heavy atom. The highest BCUT2D eigenvalue weighted by atomic mass is 35.5. The molecule has 1 aliphatic rings. The Kier molecular flexibility index (Phi) is 5.18. The summed E-state index contributed by atoms with van der Waals surface area (Å²) in [6.45, 7) is 0. The van der Waals surface area contributed by atoms with Gasteiger partial charge in [0.15, 0.2) is 20.9 Å². The first-order chi connectivity index (χ1) is 14.1. The van der Waals surface area contributed by atoms with Crippen molar-refractivity contribution in [1.82, 2.24) is 9.62 Å². The molecule has 1 aliphatic heterocycles. The third-order valence-electron chi connectivity index (χ3n) is 5.41. The van der Waals surface area contributed by atoms with Gasteiger partial charge in [0.1, 0.15) is 0 Å². The van der Waals surface area contributed by atoms with E-state index < -0.39 is 11.1 Å². The highest BCUT2D eigenvalue weighted by Crippen LogP contribution is 2.41. The standard InChI is InChI=1S/C24H18N2O2S.ClH/c1-25-23(27)17-11-3-7-15-9-5-13-19(21(15)17)29-20-14-6-10-16-8-4-12-18(22(16)20)24(28)26(29)2;/h3-14H,1-2H3;1H. The zero-order chi connectivity index (χ0) is 20.1. The molecule has 150 valence electrons. The molecule has 4 aromatic carbocycles. The topological polar surface area (TPSA) is 49.4 Å². The molecule has 1 N–H and O–H groups in total. The first-order valence-corrected chi connectivity index (χ1v) is 10.6. The number of nitrogens with zero attached hydrogens (tertiary/aromatic N) is 1. The van der Waals surface area contributed by atoms with Gasteiger partial charge in [-0.3, -0.25) is 9.59 Å². The molecule has 1 unspecified atom stereocenters. The molecule has 2 amide bonds. The third kappa shape index (κ3) is 2.85. The predicted molar refractivity (Wildman–Crippen MR) is 117 cm³/mol. The highest BCUT2D eigenvalue weighted by Gasteiger charge is 2.44. The summed E-state index contributed by atoms with van der Waals surface area (Å²) in [6, 6.07) is 23.8. The van der Waals surface area contributed by atoms with Crippen molar-refractivity contribution in [2.45, 2.75) is 9.79 Å². The van der Waals surface area contributed by atoms with Gasteiger partial charge in [-0.1, -0.05) is 48.5 Å². The number of hydrogen-bond donors (Lipinski definition) is 1. The van der Waals surface area contributed by atoms with E-state index >= 15 is 0 Å². The van der Waals surface area contributed by atoms with E-state index in [-0.39, 0.29) is 24.2 Å². The van der Waals surface area contributed by atoms with Gasteiger partial charge in [-0.05, 0) is 35.0 Å². The van der Waals surface area contributed by atoms with Gasteiger partial charge in [-0.2, -0.15) is 0 Å². The van der Waals surface area contributed by atoms with Crippen LogP contribution in [0.15, 0.2) is 82.6 Å². The lowest BCUT2D eigenvalue weighted by Gasteiger charge is -2.25. The van der Waals surface area contributed by atoms with Gasteiger partial charge in [-0.15, -0.1) is 4.31 Å². The van der Waals surface area contributed by atoms with Crippen LogP contribution in [-0.2, 0) is 11.1 Å². The van der Waals surface area contributed by atoms with Crippen LogP contribution in [0.5, 0.6) is 0 Å². The molecule has 0 fully saturated rings. The van der Waals surface area contributed by atoms with Crippen molar-refractivity contribution in [2.75, 3.05) is 14.1 Å². The van der Waals surface area contributed by atoms with Gasteiger partial charge in [0, 0.05) is 7.05 Å². The van der Waals surface area contributed by atoms with E-state index in [0.29, 0.717) is 5.56 Å². The van der Waals surface area contributed by atoms with Gasteiger partial charge < -0.3 is 17.7 Å². The fourth-order valence-electron chi connectivity index (χ4n) is 4.10. The van der Waals surface area contributed by atoms with Crippen molar-refractivity contribution < 1.29 is 22.0 Å². The molecule has 30 heavy (non-hydrogen) atoms. The van der Waals surface area contributed by atoms with Crippen molar-refractivity contribution in [3.8, 4) is 0 Å². The number of halogens is 1. The molecule has 0 bridgehead atoms. The molecule has 0 saturated carbocycles. The first-order valence-electron chi connectivity index (χ1n) is 9.40. The Bertz CT molecular complexity index is 1310. The number of fused-ring (bicyclic) bond motifs is 1. The predicted octanol–water partition coefficient (Wildman–Crippen LogP) is 1.39. The van der Waals surface area contributed by atoms with Crippen LogP contribution >= 0.6 is 0 Å². The van der Waals surface area contributed by atoms with Crippen LogP contribution in [0.2, 0.25) is 0 Å². The Hall–Kier alpha value is -3.02. The summed E-state index contributed by atoms with van der Waals surface area (Å²) in [5, 5.41) is 6.70. The number of rotatable bonds is 2. The Balaban J connectivity index is 0.00000218. The van der Waals surface area contributed by atoms with Crippen LogP contribution in [0.25, 0.3) is 21.5 Å². The van der Waals surface area contributed by atoms with Gasteiger partial charge in [0.2, 0.25) is 0 Å². The number of amides is 2. The van der Waals surface area contributed by atoms with Crippen LogP contribution in [0, 0.1) is 0 Å². The summed E-state index contributed by atoms with van der Waals surface area (Å²) in [7, 11) is 3.49. The minimum absolute atomic E-state index is 0. The lowest BCUT2D eigenvalue weighted by atomic mass is 10.0. The molecule has 0 saturated heterocycles. The van der Waals surface area contributed by atoms with Crippen molar-refractivity contribution in [2.24, 2.45) is 0 Å². The van der Waals surface area contributed by atoms with E-state index in [0.717, 1.165) is 36.9 Å². The molecule has 6 heteroatoms. The number of nitrogens with one attached hydrogen (secondary N) is 1. The van der Waals surface area contributed by atoms with Crippen LogP contribution in [0.4, 0.5) is 0 Å². The van der Waals surface area contributed by atoms with Crippen molar-refractivity contribution in [3.05, 3.63) is 83.9 Å². The summed E-state index contributed by atoms with van der Waals surface area (Å²) in [5.74, 6) is -0.122. The smallest absolute Gasteiger partial charge is 0.296 e. The number of carbonyl (C=O) groups excluding carboxylic acids is 2. The number of carbonyl (C=O) groups is 2. The fourth-order valence-corrected chi connectivity index (χ4v) is 6.45. The molecule has 0 radical (unpaired) electrons. The molecule has 5 rings (SSSR count). The highest BCUT2D eigenvalue weighted by molar-refractivity contribution is 7.95. The summed E-state index contributed by atoms with van der Waals surface area (Å²) >= 11 is -0.631. The molecule has 4 aromatic rings. The van der Waals surface area contributed by atoms with Gasteiger partial charge in [0.25, 0.3) is 11.8 Å². The summed E-state index contributed by atoms with van der Waals surface area (Å²) in [5.41, 5.74) is 1.36. The average molecular weight is 435 g/mol. The summed E-state index contributed by atoms with van der Waals surface area (Å²) < 4.78 is 1.81. The normalized spacial score (nSPS) is 15.2. The third-order valence-corrected chi connectivity index (χ3v) is 7.64. The second-order valence-corrected chi connectivity index (χ2v) is 8.98. The molecule has 4 nitrogen and oxygen atoms in total. The number of hydrogen-bond acceptors (Lipinski definition) is 2. The van der Waals surface area contributed by atoms with Crippen molar-refractivity contribution in [1.29, 1.82) is 0 Å². The average Bonchev–Trinajstić information content (AvgIpc) is 2.76. The van der Waals surface area contributed by atoms with Crippen molar-refractivity contribution >= 4 is 44.4 Å². The Morgan fingerprint density at radius 2 is 1.37 bits per heavy atom. The van der Waals surface area contributed by atoms with Crippen LogP contribution in [0.3, 0.4) is 0 Å². The largest absolute Gasteiger partial charge is 1.00 e. The quantitative estimate of drug-likeness (QED) is 0.485. The van der Waals surface area contributed by atoms with Crippen LogP contribution < -0.4 is 17.7 Å². The van der Waals surface area contributed by atoms with E-state index in [1.54, 1.807) is 7.05 Å². The van der Waals surface area contributed by atoms with Crippen LogP contribution in [-0.4, -0.2) is 30.2 Å². The summed E-state index contributed by atoms with van der Waals surface area (Å²) in [4.78, 5) is 28.0. The first kappa shape index (κ1) is 20.3. The lowest BCUT2D eigenvalue weighted by molar-refractivity contribution is -0.0000226. The molecule has 1 atom stereocenters. The maximum absolute atomic E-state index is 13.3. The number of benzene rings is 4. The minimum Gasteiger partial charge on any atom is -1.00 e. The van der Waals surface area contributed by atoms with Gasteiger partial charge in [0.05, 0.1) is 28.9 Å². The van der Waals surface area contributed by atoms with E-state index in [4.69, 9.17) is 0 Å². The molecule has 1 heterocycles. The molecular formula is C24H19ClN2O2S. The second-order valence-electron chi connectivity index (χ2n) is 6.99. The second kappa shape index (κ2) is 7.67. The Labute approximate surface area is 183 Å². The zero-order valence-corrected chi connectivity index (χ0v) is 18.1. The van der Waals surface area contributed by atoms with E-state index in [9.17, 15) is 9.59 Å². The fraction of sp³-hybridized carbons (Fsp3) is 0.0833. The van der Waals surface area contributed by atoms with Crippen molar-refractivity contribution in [3.63, 3.8) is 0 Å². The molecule has 0 aromatic heterocycles. The van der Waals surface area contributed by atoms with Gasteiger partial charge in [-0.25, -0.2) is 0 Å². The lowest BCUT2D eigenvalue weighted by Crippen LogP contribution is -3.00. The molecular weight excluding hydrogens is 416 g/mol. The molecule has 0 aliphatic carbocycles. The molecule has 0 spiro atoms.